The van der Waals surface area contributed by atoms with Crippen molar-refractivity contribution in [3.05, 3.63) is 41.5 Å². The minimum atomic E-state index is -3.87. The standard InChI is InChI=1S/C14H18FN3O5S2/c1-2-9-25(21,22)16-8-7-13-17-18-14(23-13)24(19,20)10-11-3-5-12(15)6-4-11/h3-6,16H,2,7-10H2,1H3. The van der Waals surface area contributed by atoms with E-state index >= 15 is 0 Å². The number of nitrogens with one attached hydrogen (secondary N) is 1. The zero-order chi connectivity index (χ0) is 18.5. The Morgan fingerprint density at radius 2 is 1.80 bits per heavy atom. The maximum absolute atomic E-state index is 12.9. The summed E-state index contributed by atoms with van der Waals surface area (Å²) in [5, 5.41) is 6.56. The molecule has 0 radical (unpaired) electrons. The van der Waals surface area contributed by atoms with Gasteiger partial charge < -0.3 is 4.42 Å². The van der Waals surface area contributed by atoms with E-state index in [1.807, 2.05) is 0 Å². The summed E-state index contributed by atoms with van der Waals surface area (Å²) in [5.74, 6) is -0.852. The van der Waals surface area contributed by atoms with Gasteiger partial charge in [0.2, 0.25) is 25.8 Å². The number of benzene rings is 1. The minimum absolute atomic E-state index is 0.00807. The molecule has 2 aromatic rings. The summed E-state index contributed by atoms with van der Waals surface area (Å²) in [6, 6.07) is 5.03. The lowest BCUT2D eigenvalue weighted by Crippen LogP contribution is -2.28. The van der Waals surface area contributed by atoms with Gasteiger partial charge in [-0.15, -0.1) is 5.10 Å². The summed E-state index contributed by atoms with van der Waals surface area (Å²) >= 11 is 0. The molecule has 8 nitrogen and oxygen atoms in total. The Morgan fingerprint density at radius 3 is 2.44 bits per heavy atom. The zero-order valence-corrected chi connectivity index (χ0v) is 15.1. The molecule has 0 aliphatic heterocycles. The van der Waals surface area contributed by atoms with Crippen LogP contribution in [0.4, 0.5) is 4.39 Å². The van der Waals surface area contributed by atoms with Gasteiger partial charge in [-0.1, -0.05) is 24.2 Å². The number of sulfone groups is 1. The Kier molecular flexibility index (Phi) is 6.25. The first-order chi connectivity index (χ1) is 11.7. The molecule has 1 aromatic heterocycles. The summed E-state index contributed by atoms with van der Waals surface area (Å²) < 4.78 is 67.8. The maximum atomic E-state index is 12.9. The second kappa shape index (κ2) is 8.02. The fraction of sp³-hybridized carbons (Fsp3) is 0.429. The van der Waals surface area contributed by atoms with Gasteiger partial charge in [0.25, 0.3) is 0 Å². The Labute approximate surface area is 145 Å². The highest BCUT2D eigenvalue weighted by atomic mass is 32.2. The first-order valence-electron chi connectivity index (χ1n) is 7.49. The highest BCUT2D eigenvalue weighted by molar-refractivity contribution is 7.90. The highest BCUT2D eigenvalue weighted by Crippen LogP contribution is 2.16. The lowest BCUT2D eigenvalue weighted by atomic mass is 10.2. The van der Waals surface area contributed by atoms with Crippen LogP contribution in [0.15, 0.2) is 33.9 Å². The van der Waals surface area contributed by atoms with Crippen LogP contribution < -0.4 is 4.72 Å². The van der Waals surface area contributed by atoms with Crippen molar-refractivity contribution in [1.82, 2.24) is 14.9 Å². The van der Waals surface area contributed by atoms with Gasteiger partial charge in [-0.05, 0) is 24.1 Å². The zero-order valence-electron chi connectivity index (χ0n) is 13.5. The highest BCUT2D eigenvalue weighted by Gasteiger charge is 2.23. The van der Waals surface area contributed by atoms with E-state index in [2.05, 4.69) is 14.9 Å². The predicted octanol–water partition coefficient (Wildman–Crippen LogP) is 1.05. The summed E-state index contributed by atoms with van der Waals surface area (Å²) in [6.45, 7) is 1.78. The topological polar surface area (TPSA) is 119 Å². The second-order valence-electron chi connectivity index (χ2n) is 5.31. The number of hydrogen-bond acceptors (Lipinski definition) is 7. The van der Waals surface area contributed by atoms with Crippen LogP contribution in [0.2, 0.25) is 0 Å². The van der Waals surface area contributed by atoms with Gasteiger partial charge in [-0.2, -0.15) is 0 Å². The SMILES string of the molecule is CCCS(=O)(=O)NCCc1nnc(S(=O)(=O)Cc2ccc(F)cc2)o1. The Hall–Kier alpha value is -1.85. The summed E-state index contributed by atoms with van der Waals surface area (Å²) in [5.41, 5.74) is 0.383. The normalized spacial score (nSPS) is 12.4. The van der Waals surface area contributed by atoms with Crippen LogP contribution in [0, 0.1) is 5.82 Å². The van der Waals surface area contributed by atoms with Crippen molar-refractivity contribution in [3.63, 3.8) is 0 Å². The van der Waals surface area contributed by atoms with Crippen LogP contribution in [-0.2, 0) is 32.0 Å². The third-order valence-electron chi connectivity index (χ3n) is 3.12. The Balaban J connectivity index is 1.98. The average molecular weight is 391 g/mol. The molecule has 1 heterocycles. The molecule has 0 fully saturated rings. The smallest absolute Gasteiger partial charge is 0.335 e. The van der Waals surface area contributed by atoms with Gasteiger partial charge in [-0.3, -0.25) is 0 Å². The molecule has 0 spiro atoms. The van der Waals surface area contributed by atoms with Gasteiger partial charge in [0, 0.05) is 13.0 Å². The minimum Gasteiger partial charge on any atom is -0.412 e. The van der Waals surface area contributed by atoms with E-state index in [0.717, 1.165) is 12.1 Å². The molecule has 138 valence electrons. The van der Waals surface area contributed by atoms with Gasteiger partial charge in [0.05, 0.1) is 11.5 Å². The van der Waals surface area contributed by atoms with Crippen LogP contribution in [0.1, 0.15) is 24.8 Å². The molecule has 0 saturated carbocycles. The molecule has 0 saturated heterocycles. The monoisotopic (exact) mass is 391 g/mol. The molecular weight excluding hydrogens is 373 g/mol. The Morgan fingerprint density at radius 1 is 1.12 bits per heavy atom. The largest absolute Gasteiger partial charge is 0.412 e. The molecule has 2 rings (SSSR count). The van der Waals surface area contributed by atoms with Crippen LogP contribution in [0.3, 0.4) is 0 Å². The van der Waals surface area contributed by atoms with Crippen molar-refractivity contribution in [1.29, 1.82) is 0 Å². The number of sulfonamides is 1. The number of nitrogens with zero attached hydrogens (tertiary/aromatic N) is 2. The van der Waals surface area contributed by atoms with Crippen LogP contribution in [0.5, 0.6) is 0 Å². The van der Waals surface area contributed by atoms with Crippen molar-refractivity contribution >= 4 is 19.9 Å². The van der Waals surface area contributed by atoms with Crippen molar-refractivity contribution in [2.75, 3.05) is 12.3 Å². The van der Waals surface area contributed by atoms with Crippen LogP contribution in [0.25, 0.3) is 0 Å². The third kappa shape index (κ3) is 5.87. The number of aromatic nitrogens is 2. The molecule has 1 N–H and O–H groups in total. The molecule has 0 bridgehead atoms. The van der Waals surface area contributed by atoms with E-state index in [0.29, 0.717) is 12.0 Å². The fourth-order valence-electron chi connectivity index (χ4n) is 1.98. The average Bonchev–Trinajstić information content (AvgIpc) is 2.99. The summed E-state index contributed by atoms with van der Waals surface area (Å²) in [6.07, 6.45) is 0.559. The van der Waals surface area contributed by atoms with Crippen molar-refractivity contribution < 1.29 is 25.6 Å². The van der Waals surface area contributed by atoms with Gasteiger partial charge in [0.15, 0.2) is 0 Å². The number of halogens is 1. The molecule has 1 aromatic carbocycles. The van der Waals surface area contributed by atoms with Crippen molar-refractivity contribution in [3.8, 4) is 0 Å². The van der Waals surface area contributed by atoms with Crippen LogP contribution in [-0.4, -0.2) is 39.3 Å². The van der Waals surface area contributed by atoms with Crippen molar-refractivity contribution in [2.45, 2.75) is 30.7 Å². The lowest BCUT2D eigenvalue weighted by Gasteiger charge is -2.03. The number of hydrogen-bond donors (Lipinski definition) is 1. The lowest BCUT2D eigenvalue weighted by molar-refractivity contribution is 0.395. The molecule has 0 aliphatic carbocycles. The predicted molar refractivity (Wildman–Crippen MR) is 87.4 cm³/mol. The van der Waals surface area contributed by atoms with E-state index in [1.165, 1.54) is 12.1 Å². The van der Waals surface area contributed by atoms with E-state index < -0.39 is 36.7 Å². The fourth-order valence-corrected chi connectivity index (χ4v) is 4.22. The number of rotatable bonds is 9. The third-order valence-corrected chi connectivity index (χ3v) is 6.12. The van der Waals surface area contributed by atoms with Gasteiger partial charge in [-0.25, -0.2) is 25.9 Å². The summed E-state index contributed by atoms with van der Waals surface area (Å²) in [7, 11) is -7.23. The Bertz CT molecular complexity index is 908. The van der Waals surface area contributed by atoms with E-state index in [4.69, 9.17) is 4.42 Å². The molecule has 0 atom stereocenters. The van der Waals surface area contributed by atoms with E-state index in [9.17, 15) is 21.2 Å². The molecule has 0 unspecified atom stereocenters. The quantitative estimate of drug-likeness (QED) is 0.678. The first-order valence-corrected chi connectivity index (χ1v) is 10.8. The molecule has 11 heteroatoms. The molecule has 0 amide bonds. The van der Waals surface area contributed by atoms with E-state index in [1.54, 1.807) is 6.92 Å². The van der Waals surface area contributed by atoms with Crippen LogP contribution >= 0.6 is 0 Å². The van der Waals surface area contributed by atoms with Gasteiger partial charge >= 0.3 is 5.22 Å². The van der Waals surface area contributed by atoms with E-state index in [-0.39, 0.29) is 24.6 Å². The first kappa shape index (κ1) is 19.5. The molecule has 0 aliphatic rings. The van der Waals surface area contributed by atoms with Gasteiger partial charge in [0.1, 0.15) is 5.82 Å². The maximum Gasteiger partial charge on any atom is 0.335 e. The molecule has 25 heavy (non-hydrogen) atoms. The van der Waals surface area contributed by atoms with Crippen molar-refractivity contribution in [2.24, 2.45) is 0 Å². The molecular formula is C14H18FN3O5S2. The second-order valence-corrected chi connectivity index (χ2v) is 9.10. The summed E-state index contributed by atoms with van der Waals surface area (Å²) in [4.78, 5) is 0.